The molecule has 38 heavy (non-hydrogen) atoms. The fourth-order valence-corrected chi connectivity index (χ4v) is 4.57. The zero-order valence-corrected chi connectivity index (χ0v) is 21.8. The van der Waals surface area contributed by atoms with Gasteiger partial charge in [-0.05, 0) is 71.3 Å². The molecule has 0 aliphatic rings. The number of ether oxygens (including phenoxy) is 1. The minimum absolute atomic E-state index is 0.121. The number of anilines is 2. The maximum absolute atomic E-state index is 11.4. The molecule has 192 valence electrons. The first kappa shape index (κ1) is 25.4. The summed E-state index contributed by atoms with van der Waals surface area (Å²) in [7, 11) is -2.98. The third-order valence-electron chi connectivity index (χ3n) is 5.97. The van der Waals surface area contributed by atoms with Crippen LogP contribution in [0, 0.1) is 0 Å². The van der Waals surface area contributed by atoms with Crippen LogP contribution in [0.3, 0.4) is 0 Å². The maximum atomic E-state index is 11.4. The lowest BCUT2D eigenvalue weighted by Gasteiger charge is -2.12. The molecule has 5 aromatic rings. The van der Waals surface area contributed by atoms with Crippen molar-refractivity contribution >= 4 is 32.2 Å². The Balaban J connectivity index is 1.33. The van der Waals surface area contributed by atoms with Crippen molar-refractivity contribution in [3.63, 3.8) is 0 Å². The van der Waals surface area contributed by atoms with Crippen molar-refractivity contribution in [1.82, 2.24) is 15.3 Å². The van der Waals surface area contributed by atoms with E-state index in [0.29, 0.717) is 18.9 Å². The van der Waals surface area contributed by atoms with Crippen LogP contribution in [0.2, 0.25) is 0 Å². The number of benzene rings is 4. The SMILES string of the molecule is CS(=O)(=O)CCNCc1cccc(-c2ccc3ncnc(Nc4ccc(Oc5ccccc5)cc4)c3c2)c1. The standard InChI is InChI=1S/C30H28N4O3S/c1-38(35,36)17-16-31-20-22-6-5-7-23(18-22)24-10-15-29-28(19-24)30(33-21-32-29)34-25-11-13-27(14-12-25)37-26-8-3-2-4-9-26/h2-15,18-19,21,31H,16-17,20H2,1H3,(H,32,33,34). The Bertz CT molecular complexity index is 1640. The van der Waals surface area contributed by atoms with Crippen molar-refractivity contribution in [2.45, 2.75) is 6.54 Å². The Morgan fingerprint density at radius 1 is 0.789 bits per heavy atom. The first-order chi connectivity index (χ1) is 18.4. The number of hydrogen-bond donors (Lipinski definition) is 2. The number of nitrogens with one attached hydrogen (secondary N) is 2. The van der Waals surface area contributed by atoms with E-state index < -0.39 is 9.84 Å². The second-order valence-electron chi connectivity index (χ2n) is 9.03. The second kappa shape index (κ2) is 11.4. The molecule has 0 aliphatic heterocycles. The van der Waals surface area contributed by atoms with Crippen LogP contribution in [0.4, 0.5) is 11.5 Å². The van der Waals surface area contributed by atoms with Gasteiger partial charge in [0.15, 0.2) is 0 Å². The van der Waals surface area contributed by atoms with Gasteiger partial charge in [-0.2, -0.15) is 0 Å². The summed E-state index contributed by atoms with van der Waals surface area (Å²) >= 11 is 0. The molecule has 0 spiro atoms. The highest BCUT2D eigenvalue weighted by atomic mass is 32.2. The monoisotopic (exact) mass is 524 g/mol. The molecule has 7 nitrogen and oxygen atoms in total. The van der Waals surface area contributed by atoms with Crippen molar-refractivity contribution in [2.75, 3.05) is 23.9 Å². The van der Waals surface area contributed by atoms with Crippen molar-refractivity contribution in [2.24, 2.45) is 0 Å². The first-order valence-electron chi connectivity index (χ1n) is 12.3. The van der Waals surface area contributed by atoms with Crippen LogP contribution < -0.4 is 15.4 Å². The number of sulfone groups is 1. The Kier molecular flexibility index (Phi) is 7.62. The molecule has 0 bridgehead atoms. The van der Waals surface area contributed by atoms with E-state index in [9.17, 15) is 8.42 Å². The largest absolute Gasteiger partial charge is 0.457 e. The molecule has 1 aromatic heterocycles. The molecule has 0 fully saturated rings. The zero-order valence-electron chi connectivity index (χ0n) is 21.0. The molecule has 0 saturated carbocycles. The normalized spacial score (nSPS) is 11.4. The molecule has 0 amide bonds. The van der Waals surface area contributed by atoms with E-state index >= 15 is 0 Å². The molecule has 1 heterocycles. The lowest BCUT2D eigenvalue weighted by molar-refractivity contribution is 0.483. The predicted octanol–water partition coefficient (Wildman–Crippen LogP) is 5.97. The van der Waals surface area contributed by atoms with Crippen LogP contribution in [0.25, 0.3) is 22.0 Å². The fourth-order valence-electron chi connectivity index (χ4n) is 4.05. The molecular weight excluding hydrogens is 496 g/mol. The Labute approximate surface area is 222 Å². The van der Waals surface area contributed by atoms with E-state index in [1.807, 2.05) is 78.9 Å². The first-order valence-corrected chi connectivity index (χ1v) is 14.3. The van der Waals surface area contributed by atoms with Crippen LogP contribution >= 0.6 is 0 Å². The highest BCUT2D eigenvalue weighted by molar-refractivity contribution is 7.90. The van der Waals surface area contributed by atoms with Gasteiger partial charge >= 0.3 is 0 Å². The molecule has 0 radical (unpaired) electrons. The van der Waals surface area contributed by atoms with Crippen molar-refractivity contribution in [3.05, 3.63) is 109 Å². The topological polar surface area (TPSA) is 93.2 Å². The summed E-state index contributed by atoms with van der Waals surface area (Å²) in [6, 6.07) is 31.7. The lowest BCUT2D eigenvalue weighted by Crippen LogP contribution is -2.21. The van der Waals surface area contributed by atoms with Crippen molar-refractivity contribution in [3.8, 4) is 22.6 Å². The average molecular weight is 525 g/mol. The van der Waals surface area contributed by atoms with Crippen molar-refractivity contribution in [1.29, 1.82) is 0 Å². The van der Waals surface area contributed by atoms with Gasteiger partial charge in [0.25, 0.3) is 0 Å². The second-order valence-corrected chi connectivity index (χ2v) is 11.3. The minimum Gasteiger partial charge on any atom is -0.457 e. The Morgan fingerprint density at radius 3 is 2.34 bits per heavy atom. The number of rotatable bonds is 10. The van der Waals surface area contributed by atoms with Gasteiger partial charge in [-0.3, -0.25) is 0 Å². The average Bonchev–Trinajstić information content (AvgIpc) is 2.92. The van der Waals surface area contributed by atoms with Gasteiger partial charge in [0, 0.05) is 30.4 Å². The van der Waals surface area contributed by atoms with Crippen LogP contribution in [-0.4, -0.2) is 36.9 Å². The minimum atomic E-state index is -2.98. The smallest absolute Gasteiger partial charge is 0.148 e. The number of aromatic nitrogens is 2. The molecule has 0 saturated heterocycles. The molecule has 8 heteroatoms. The van der Waals surface area contributed by atoms with Crippen LogP contribution in [-0.2, 0) is 16.4 Å². The Morgan fingerprint density at radius 2 is 1.55 bits per heavy atom. The number of hydrogen-bond acceptors (Lipinski definition) is 7. The highest BCUT2D eigenvalue weighted by Crippen LogP contribution is 2.30. The van der Waals surface area contributed by atoms with Gasteiger partial charge in [-0.1, -0.05) is 42.5 Å². The maximum Gasteiger partial charge on any atom is 0.148 e. The van der Waals surface area contributed by atoms with Crippen LogP contribution in [0.5, 0.6) is 11.5 Å². The van der Waals surface area contributed by atoms with Gasteiger partial charge < -0.3 is 15.4 Å². The van der Waals surface area contributed by atoms with E-state index in [2.05, 4.69) is 38.8 Å². The lowest BCUT2D eigenvalue weighted by atomic mass is 10.0. The summed E-state index contributed by atoms with van der Waals surface area (Å²) in [6.45, 7) is 1.02. The molecule has 0 aliphatic carbocycles. The summed E-state index contributed by atoms with van der Waals surface area (Å²) < 4.78 is 28.6. The molecule has 4 aromatic carbocycles. The number of para-hydroxylation sites is 1. The summed E-state index contributed by atoms with van der Waals surface area (Å²) in [4.78, 5) is 8.94. The predicted molar refractivity (Wildman–Crippen MR) is 153 cm³/mol. The third-order valence-corrected chi connectivity index (χ3v) is 6.92. The van der Waals surface area contributed by atoms with Gasteiger partial charge in [-0.15, -0.1) is 0 Å². The molecule has 0 atom stereocenters. The summed E-state index contributed by atoms with van der Waals surface area (Å²) in [5, 5.41) is 7.52. The Hall–Kier alpha value is -4.27. The van der Waals surface area contributed by atoms with E-state index in [4.69, 9.17) is 4.74 Å². The zero-order chi connectivity index (χ0) is 26.4. The van der Waals surface area contributed by atoms with Crippen LogP contribution in [0.1, 0.15) is 5.56 Å². The van der Waals surface area contributed by atoms with E-state index in [1.165, 1.54) is 6.26 Å². The van der Waals surface area contributed by atoms with E-state index in [0.717, 1.165) is 44.8 Å². The van der Waals surface area contributed by atoms with Gasteiger partial charge in [0.2, 0.25) is 0 Å². The quantitative estimate of drug-likeness (QED) is 0.218. The summed E-state index contributed by atoms with van der Waals surface area (Å²) in [5.74, 6) is 2.38. The number of nitrogens with zero attached hydrogens (tertiary/aromatic N) is 2. The third kappa shape index (κ3) is 6.73. The van der Waals surface area contributed by atoms with Gasteiger partial charge in [0.05, 0.1) is 11.3 Å². The molecular formula is C30H28N4O3S. The van der Waals surface area contributed by atoms with Gasteiger partial charge in [-0.25, -0.2) is 18.4 Å². The molecule has 2 N–H and O–H groups in total. The summed E-state index contributed by atoms with van der Waals surface area (Å²) in [6.07, 6.45) is 2.80. The molecule has 5 rings (SSSR count). The van der Waals surface area contributed by atoms with Crippen LogP contribution in [0.15, 0.2) is 103 Å². The van der Waals surface area contributed by atoms with Gasteiger partial charge in [0.1, 0.15) is 33.5 Å². The van der Waals surface area contributed by atoms with E-state index in [1.54, 1.807) is 6.33 Å². The molecule has 0 unspecified atom stereocenters. The summed E-state index contributed by atoms with van der Waals surface area (Å²) in [5.41, 5.74) is 4.91. The highest BCUT2D eigenvalue weighted by Gasteiger charge is 2.08. The number of fused-ring (bicyclic) bond motifs is 1. The van der Waals surface area contributed by atoms with E-state index in [-0.39, 0.29) is 5.75 Å². The van der Waals surface area contributed by atoms with Crippen molar-refractivity contribution < 1.29 is 13.2 Å². The fraction of sp³-hybridized carbons (Fsp3) is 0.133.